The maximum atomic E-state index is 12.7. The molecule has 1 aromatic rings. The molecule has 5 heteroatoms. The third kappa shape index (κ3) is 4.99. The second-order valence-corrected chi connectivity index (χ2v) is 7.29. The van der Waals surface area contributed by atoms with Gasteiger partial charge in [0.25, 0.3) is 5.91 Å². The Labute approximate surface area is 156 Å². The molecule has 1 aliphatic heterocycles. The zero-order chi connectivity index (χ0) is 19.3. The Kier molecular flexibility index (Phi) is 7.06. The summed E-state index contributed by atoms with van der Waals surface area (Å²) in [5, 5.41) is 0. The van der Waals surface area contributed by atoms with Crippen molar-refractivity contribution in [1.82, 2.24) is 4.90 Å². The van der Waals surface area contributed by atoms with E-state index in [1.54, 1.807) is 11.8 Å². The minimum Gasteiger partial charge on any atom is -0.481 e. The molecule has 5 nitrogen and oxygen atoms in total. The Bertz CT molecular complexity index is 633. The van der Waals surface area contributed by atoms with Gasteiger partial charge < -0.3 is 14.4 Å². The standard InChI is InChI=1S/C21H31NO4/c1-6-25-21(24)17-9-11-22(12-10-17)20(23)16(5)26-19-13-18(14(2)3)8-7-15(19)4/h7-8,13-14,16-17H,6,9-12H2,1-5H3. The van der Waals surface area contributed by atoms with Crippen LogP contribution >= 0.6 is 0 Å². The van der Waals surface area contributed by atoms with Crippen LogP contribution < -0.4 is 4.74 Å². The lowest BCUT2D eigenvalue weighted by Crippen LogP contribution is -2.46. The summed E-state index contributed by atoms with van der Waals surface area (Å²) in [4.78, 5) is 26.3. The highest BCUT2D eigenvalue weighted by molar-refractivity contribution is 5.81. The molecule has 0 aliphatic carbocycles. The molecule has 0 spiro atoms. The first-order chi connectivity index (χ1) is 12.3. The summed E-state index contributed by atoms with van der Waals surface area (Å²) in [5.41, 5.74) is 2.22. The third-order valence-corrected chi connectivity index (χ3v) is 4.96. The van der Waals surface area contributed by atoms with E-state index in [0.717, 1.165) is 11.3 Å². The van der Waals surface area contributed by atoms with Crippen molar-refractivity contribution in [3.8, 4) is 5.75 Å². The summed E-state index contributed by atoms with van der Waals surface area (Å²) in [6.45, 7) is 11.4. The van der Waals surface area contributed by atoms with E-state index in [0.29, 0.717) is 38.5 Å². The SMILES string of the molecule is CCOC(=O)C1CCN(C(=O)C(C)Oc2cc(C(C)C)ccc2C)CC1. The quantitative estimate of drug-likeness (QED) is 0.725. The van der Waals surface area contributed by atoms with Gasteiger partial charge in [-0.3, -0.25) is 9.59 Å². The van der Waals surface area contributed by atoms with Gasteiger partial charge >= 0.3 is 5.97 Å². The van der Waals surface area contributed by atoms with Crippen molar-refractivity contribution < 1.29 is 19.1 Å². The minimum absolute atomic E-state index is 0.0262. The number of likely N-dealkylation sites (tertiary alicyclic amines) is 1. The normalized spacial score (nSPS) is 16.5. The van der Waals surface area contributed by atoms with Crippen molar-refractivity contribution in [2.75, 3.05) is 19.7 Å². The van der Waals surface area contributed by atoms with Gasteiger partial charge in [-0.2, -0.15) is 0 Å². The maximum Gasteiger partial charge on any atom is 0.309 e. The molecular weight excluding hydrogens is 330 g/mol. The smallest absolute Gasteiger partial charge is 0.309 e. The molecule has 26 heavy (non-hydrogen) atoms. The van der Waals surface area contributed by atoms with Gasteiger partial charge in [0, 0.05) is 13.1 Å². The number of amides is 1. The molecule has 0 saturated carbocycles. The molecule has 1 unspecified atom stereocenters. The first-order valence-corrected chi connectivity index (χ1v) is 9.56. The zero-order valence-electron chi connectivity index (χ0n) is 16.6. The molecular formula is C21H31NO4. The Hall–Kier alpha value is -2.04. The van der Waals surface area contributed by atoms with Crippen LogP contribution in [0.15, 0.2) is 18.2 Å². The maximum absolute atomic E-state index is 12.7. The molecule has 2 rings (SSSR count). The highest BCUT2D eigenvalue weighted by Gasteiger charge is 2.30. The molecule has 1 atom stereocenters. The second kappa shape index (κ2) is 9.06. The van der Waals surface area contributed by atoms with Crippen molar-refractivity contribution in [2.24, 2.45) is 5.92 Å². The first-order valence-electron chi connectivity index (χ1n) is 9.56. The number of carbonyl (C=O) groups excluding carboxylic acids is 2. The van der Waals surface area contributed by atoms with Crippen LogP contribution in [0.2, 0.25) is 0 Å². The fourth-order valence-electron chi connectivity index (χ4n) is 3.20. The summed E-state index contributed by atoms with van der Waals surface area (Å²) in [6.07, 6.45) is 0.758. The van der Waals surface area contributed by atoms with E-state index in [2.05, 4.69) is 19.9 Å². The number of carbonyl (C=O) groups is 2. The van der Waals surface area contributed by atoms with E-state index >= 15 is 0 Å². The van der Waals surface area contributed by atoms with E-state index in [9.17, 15) is 9.59 Å². The van der Waals surface area contributed by atoms with Crippen molar-refractivity contribution in [3.05, 3.63) is 29.3 Å². The molecule has 1 fully saturated rings. The topological polar surface area (TPSA) is 55.8 Å². The minimum atomic E-state index is -0.546. The number of esters is 1. The van der Waals surface area contributed by atoms with Crippen LogP contribution in [0, 0.1) is 12.8 Å². The second-order valence-electron chi connectivity index (χ2n) is 7.29. The van der Waals surface area contributed by atoms with Gasteiger partial charge in [-0.25, -0.2) is 0 Å². The van der Waals surface area contributed by atoms with Crippen LogP contribution in [-0.4, -0.2) is 42.6 Å². The summed E-state index contributed by atoms with van der Waals surface area (Å²) >= 11 is 0. The predicted octanol–water partition coefficient (Wildman–Crippen LogP) is 3.69. The zero-order valence-corrected chi connectivity index (χ0v) is 16.6. The van der Waals surface area contributed by atoms with Gasteiger partial charge in [-0.1, -0.05) is 26.0 Å². The lowest BCUT2D eigenvalue weighted by molar-refractivity contribution is -0.152. The molecule has 1 saturated heterocycles. The highest BCUT2D eigenvalue weighted by Crippen LogP contribution is 2.26. The summed E-state index contributed by atoms with van der Waals surface area (Å²) in [5.74, 6) is 0.899. The molecule has 0 radical (unpaired) electrons. The molecule has 0 bridgehead atoms. The number of rotatable bonds is 6. The number of aryl methyl sites for hydroxylation is 1. The van der Waals surface area contributed by atoms with Crippen LogP contribution in [0.25, 0.3) is 0 Å². The third-order valence-electron chi connectivity index (χ3n) is 4.96. The molecule has 1 aliphatic rings. The van der Waals surface area contributed by atoms with Crippen LogP contribution in [0.5, 0.6) is 5.75 Å². The number of piperidine rings is 1. The van der Waals surface area contributed by atoms with Gasteiger partial charge in [0.15, 0.2) is 6.10 Å². The number of ether oxygens (including phenoxy) is 2. The van der Waals surface area contributed by atoms with Crippen LogP contribution in [0.4, 0.5) is 0 Å². The summed E-state index contributed by atoms with van der Waals surface area (Å²) in [7, 11) is 0. The van der Waals surface area contributed by atoms with E-state index in [4.69, 9.17) is 9.47 Å². The first kappa shape index (κ1) is 20.3. The number of benzene rings is 1. The van der Waals surface area contributed by atoms with Crippen molar-refractivity contribution in [3.63, 3.8) is 0 Å². The largest absolute Gasteiger partial charge is 0.481 e. The monoisotopic (exact) mass is 361 g/mol. The number of nitrogens with zero attached hydrogens (tertiary/aromatic N) is 1. The average molecular weight is 361 g/mol. The Morgan fingerprint density at radius 2 is 1.85 bits per heavy atom. The molecule has 1 heterocycles. The molecule has 0 N–H and O–H groups in total. The van der Waals surface area contributed by atoms with E-state index in [1.807, 2.05) is 26.0 Å². The van der Waals surface area contributed by atoms with Crippen LogP contribution in [0.1, 0.15) is 57.6 Å². The molecule has 1 aromatic carbocycles. The lowest BCUT2D eigenvalue weighted by Gasteiger charge is -2.32. The van der Waals surface area contributed by atoms with Gasteiger partial charge in [0.2, 0.25) is 0 Å². The Morgan fingerprint density at radius 3 is 2.42 bits per heavy atom. The van der Waals surface area contributed by atoms with Gasteiger partial charge in [0.05, 0.1) is 12.5 Å². The summed E-state index contributed by atoms with van der Waals surface area (Å²) in [6, 6.07) is 6.16. The van der Waals surface area contributed by atoms with Crippen molar-refractivity contribution in [2.45, 2.75) is 59.5 Å². The lowest BCUT2D eigenvalue weighted by atomic mass is 9.96. The fraction of sp³-hybridized carbons (Fsp3) is 0.619. The van der Waals surface area contributed by atoms with Gasteiger partial charge in [0.1, 0.15) is 5.75 Å². The Morgan fingerprint density at radius 1 is 1.19 bits per heavy atom. The van der Waals surface area contributed by atoms with Crippen LogP contribution in [-0.2, 0) is 14.3 Å². The van der Waals surface area contributed by atoms with E-state index in [-0.39, 0.29) is 17.8 Å². The molecule has 0 aromatic heterocycles. The van der Waals surface area contributed by atoms with Crippen LogP contribution in [0.3, 0.4) is 0 Å². The average Bonchev–Trinajstić information content (AvgIpc) is 2.63. The van der Waals surface area contributed by atoms with E-state index in [1.165, 1.54) is 5.56 Å². The van der Waals surface area contributed by atoms with Gasteiger partial charge in [-0.15, -0.1) is 0 Å². The highest BCUT2D eigenvalue weighted by atomic mass is 16.5. The number of hydrogen-bond donors (Lipinski definition) is 0. The predicted molar refractivity (Wildman–Crippen MR) is 101 cm³/mol. The van der Waals surface area contributed by atoms with Crippen molar-refractivity contribution in [1.29, 1.82) is 0 Å². The summed E-state index contributed by atoms with van der Waals surface area (Å²) < 4.78 is 11.1. The fourth-order valence-corrected chi connectivity index (χ4v) is 3.20. The molecule has 144 valence electrons. The number of hydrogen-bond acceptors (Lipinski definition) is 4. The van der Waals surface area contributed by atoms with Crippen molar-refractivity contribution >= 4 is 11.9 Å². The molecule has 1 amide bonds. The Balaban J connectivity index is 1.94. The van der Waals surface area contributed by atoms with E-state index < -0.39 is 6.10 Å². The van der Waals surface area contributed by atoms with Gasteiger partial charge in [-0.05, 0) is 56.7 Å².